The van der Waals surface area contributed by atoms with Gasteiger partial charge in [0.2, 0.25) is 0 Å². The number of aromatic amines is 1. The topological polar surface area (TPSA) is 56.4 Å². The molecule has 4 rings (SSSR count). The number of rotatable bonds is 1. The highest BCUT2D eigenvalue weighted by Crippen LogP contribution is 2.40. The fraction of sp³-hybridized carbons (Fsp3) is 0.375. The van der Waals surface area contributed by atoms with Crippen molar-refractivity contribution < 1.29 is 9.59 Å². The van der Waals surface area contributed by atoms with Crippen molar-refractivity contribution in [2.75, 3.05) is 6.54 Å². The number of para-hydroxylation sites is 1. The van der Waals surface area contributed by atoms with Crippen molar-refractivity contribution in [1.29, 1.82) is 0 Å². The van der Waals surface area contributed by atoms with Crippen LogP contribution in [0.2, 0.25) is 0 Å². The van der Waals surface area contributed by atoms with Gasteiger partial charge in [0.15, 0.2) is 0 Å². The fourth-order valence-corrected chi connectivity index (χ4v) is 3.71. The summed E-state index contributed by atoms with van der Waals surface area (Å²) in [5.74, 6) is -0.0646. The van der Waals surface area contributed by atoms with Gasteiger partial charge >= 0.3 is 6.03 Å². The van der Waals surface area contributed by atoms with E-state index in [0.29, 0.717) is 13.0 Å². The zero-order valence-corrected chi connectivity index (χ0v) is 12.1. The second kappa shape index (κ2) is 4.10. The van der Waals surface area contributed by atoms with Crippen molar-refractivity contribution in [3.8, 4) is 0 Å². The third-order valence-electron chi connectivity index (χ3n) is 4.73. The van der Waals surface area contributed by atoms with Crippen LogP contribution in [0.4, 0.5) is 4.79 Å². The Morgan fingerprint density at radius 1 is 1.29 bits per heavy atom. The molecule has 108 valence electrons. The highest BCUT2D eigenvalue weighted by molar-refractivity contribution is 6.05. The lowest BCUT2D eigenvalue weighted by molar-refractivity contribution is -0.128. The molecule has 3 amide bonds. The molecule has 1 aromatic heterocycles. The zero-order chi connectivity index (χ0) is 14.7. The number of hydrogen-bond donors (Lipinski definition) is 1. The zero-order valence-electron chi connectivity index (χ0n) is 12.1. The number of likely N-dealkylation sites (N-methyl/N-ethyl adjacent to an activating group) is 1. The maximum atomic E-state index is 12.4. The summed E-state index contributed by atoms with van der Waals surface area (Å²) >= 11 is 0. The first-order valence-electron chi connectivity index (χ1n) is 7.36. The molecule has 0 aliphatic carbocycles. The van der Waals surface area contributed by atoms with Crippen LogP contribution in [0.15, 0.2) is 24.3 Å². The first-order valence-corrected chi connectivity index (χ1v) is 7.36. The Bertz CT molecular complexity index is 764. The first kappa shape index (κ1) is 12.4. The Kier molecular flexibility index (Phi) is 2.43. The summed E-state index contributed by atoms with van der Waals surface area (Å²) in [7, 11) is 0. The second-order valence-corrected chi connectivity index (χ2v) is 5.73. The van der Waals surface area contributed by atoms with Crippen molar-refractivity contribution in [3.63, 3.8) is 0 Å². The molecule has 0 radical (unpaired) electrons. The third-order valence-corrected chi connectivity index (χ3v) is 4.73. The Hall–Kier alpha value is -2.30. The van der Waals surface area contributed by atoms with Gasteiger partial charge in [0.25, 0.3) is 5.91 Å². The largest absolute Gasteiger partial charge is 0.356 e. The van der Waals surface area contributed by atoms with Gasteiger partial charge in [0.05, 0.1) is 6.04 Å². The van der Waals surface area contributed by atoms with Gasteiger partial charge < -0.3 is 9.88 Å². The summed E-state index contributed by atoms with van der Waals surface area (Å²) in [6, 6.07) is 7.50. The van der Waals surface area contributed by atoms with Gasteiger partial charge in [-0.25, -0.2) is 4.79 Å². The lowest BCUT2D eigenvalue weighted by Crippen LogP contribution is -2.42. The molecule has 5 heteroatoms. The van der Waals surface area contributed by atoms with Gasteiger partial charge in [-0.15, -0.1) is 0 Å². The number of aromatic nitrogens is 1. The number of fused-ring (bicyclic) bond motifs is 4. The number of carbonyl (C=O) groups is 2. The molecular weight excluding hydrogens is 266 g/mol. The van der Waals surface area contributed by atoms with Crippen LogP contribution in [-0.4, -0.2) is 39.3 Å². The minimum atomic E-state index is -0.348. The molecular formula is C16H17N3O2. The number of nitrogens with one attached hydrogen (secondary N) is 1. The Balaban J connectivity index is 1.88. The molecule has 2 unspecified atom stereocenters. The molecule has 2 aromatic rings. The summed E-state index contributed by atoms with van der Waals surface area (Å²) in [6.07, 6.45) is 0.602. The average Bonchev–Trinajstić information content (AvgIpc) is 2.97. The van der Waals surface area contributed by atoms with Crippen LogP contribution in [0.5, 0.6) is 0 Å². The number of hydrogen-bond acceptors (Lipinski definition) is 2. The molecule has 0 spiro atoms. The van der Waals surface area contributed by atoms with Crippen LogP contribution >= 0.6 is 0 Å². The van der Waals surface area contributed by atoms with E-state index < -0.39 is 0 Å². The van der Waals surface area contributed by atoms with E-state index in [1.165, 1.54) is 10.5 Å². The van der Waals surface area contributed by atoms with Gasteiger partial charge in [0.1, 0.15) is 6.04 Å². The number of imide groups is 1. The van der Waals surface area contributed by atoms with Gasteiger partial charge in [-0.3, -0.25) is 9.69 Å². The summed E-state index contributed by atoms with van der Waals surface area (Å²) < 4.78 is 0. The van der Waals surface area contributed by atoms with Gasteiger partial charge in [-0.05, 0) is 25.5 Å². The van der Waals surface area contributed by atoms with Crippen molar-refractivity contribution in [2.24, 2.45) is 0 Å². The number of benzene rings is 1. The molecule has 2 atom stereocenters. The van der Waals surface area contributed by atoms with Crippen molar-refractivity contribution >= 4 is 22.8 Å². The van der Waals surface area contributed by atoms with E-state index in [1.807, 2.05) is 32.0 Å². The summed E-state index contributed by atoms with van der Waals surface area (Å²) in [6.45, 7) is 4.27. The molecule has 0 bridgehead atoms. The van der Waals surface area contributed by atoms with Crippen LogP contribution in [-0.2, 0) is 11.2 Å². The highest BCUT2D eigenvalue weighted by Gasteiger charge is 2.50. The molecule has 0 saturated carbocycles. The summed E-state index contributed by atoms with van der Waals surface area (Å²) in [4.78, 5) is 31.4. The van der Waals surface area contributed by atoms with E-state index >= 15 is 0 Å². The molecule has 2 aliphatic rings. The predicted octanol–water partition coefficient (Wildman–Crippen LogP) is 2.44. The SMILES string of the molecule is CCN1C(=O)C2Cc3c([nH]c4ccccc34)C(C)N2C1=O. The molecule has 1 fully saturated rings. The third kappa shape index (κ3) is 1.46. The summed E-state index contributed by atoms with van der Waals surface area (Å²) in [5, 5.41) is 1.16. The minimum absolute atomic E-state index is 0.0646. The average molecular weight is 283 g/mol. The molecule has 2 aliphatic heterocycles. The molecule has 21 heavy (non-hydrogen) atoms. The van der Waals surface area contributed by atoms with E-state index in [1.54, 1.807) is 4.90 Å². The highest BCUT2D eigenvalue weighted by atomic mass is 16.2. The van der Waals surface area contributed by atoms with Gasteiger partial charge in [-0.2, -0.15) is 0 Å². The van der Waals surface area contributed by atoms with Crippen molar-refractivity contribution in [2.45, 2.75) is 32.4 Å². The Morgan fingerprint density at radius 3 is 2.81 bits per heavy atom. The Labute approximate surface area is 122 Å². The normalized spacial score (nSPS) is 24.7. The van der Waals surface area contributed by atoms with Gasteiger partial charge in [-0.1, -0.05) is 18.2 Å². The van der Waals surface area contributed by atoms with E-state index in [-0.39, 0.29) is 24.0 Å². The summed E-state index contributed by atoms with van der Waals surface area (Å²) in [5.41, 5.74) is 3.31. The lowest BCUT2D eigenvalue weighted by atomic mass is 9.93. The van der Waals surface area contributed by atoms with E-state index in [9.17, 15) is 9.59 Å². The maximum Gasteiger partial charge on any atom is 0.328 e. The number of amides is 3. The molecule has 5 nitrogen and oxygen atoms in total. The maximum absolute atomic E-state index is 12.4. The Morgan fingerprint density at radius 2 is 2.05 bits per heavy atom. The fourth-order valence-electron chi connectivity index (χ4n) is 3.71. The van der Waals surface area contributed by atoms with Crippen LogP contribution in [0, 0.1) is 0 Å². The minimum Gasteiger partial charge on any atom is -0.356 e. The number of carbonyl (C=O) groups excluding carboxylic acids is 2. The smallest absolute Gasteiger partial charge is 0.328 e. The number of nitrogens with zero attached hydrogens (tertiary/aromatic N) is 2. The lowest BCUT2D eigenvalue weighted by Gasteiger charge is -2.33. The van der Waals surface area contributed by atoms with Crippen LogP contribution in [0.25, 0.3) is 10.9 Å². The van der Waals surface area contributed by atoms with Crippen LogP contribution < -0.4 is 0 Å². The molecule has 3 heterocycles. The van der Waals surface area contributed by atoms with Crippen LogP contribution in [0.1, 0.15) is 31.1 Å². The monoisotopic (exact) mass is 283 g/mol. The molecule has 1 N–H and O–H groups in total. The van der Waals surface area contributed by atoms with Gasteiger partial charge in [0, 0.05) is 29.6 Å². The quantitative estimate of drug-likeness (QED) is 0.817. The second-order valence-electron chi connectivity index (χ2n) is 5.73. The number of H-pyrrole nitrogens is 1. The molecule has 1 saturated heterocycles. The van der Waals surface area contributed by atoms with E-state index in [0.717, 1.165) is 16.6 Å². The van der Waals surface area contributed by atoms with Crippen LogP contribution in [0.3, 0.4) is 0 Å². The molecule has 1 aromatic carbocycles. The predicted molar refractivity (Wildman–Crippen MR) is 78.8 cm³/mol. The van der Waals surface area contributed by atoms with Crippen molar-refractivity contribution in [3.05, 3.63) is 35.5 Å². The van der Waals surface area contributed by atoms with E-state index in [2.05, 4.69) is 11.1 Å². The van der Waals surface area contributed by atoms with Crippen molar-refractivity contribution in [1.82, 2.24) is 14.8 Å². The van der Waals surface area contributed by atoms with E-state index in [4.69, 9.17) is 0 Å². The number of urea groups is 1. The standard InChI is InChI=1S/C16H17N3O2/c1-3-18-15(20)13-8-11-10-6-4-5-7-12(10)17-14(11)9(2)19(13)16(18)21/h4-7,9,13,17H,3,8H2,1-2H3. The first-order chi connectivity index (χ1) is 10.1.